The summed E-state index contributed by atoms with van der Waals surface area (Å²) in [7, 11) is 0. The highest BCUT2D eigenvalue weighted by atomic mass is 16.6. The Balaban J connectivity index is 1.61. The molecule has 0 spiro atoms. The van der Waals surface area contributed by atoms with Gasteiger partial charge in [-0.15, -0.1) is 0 Å². The lowest BCUT2D eigenvalue weighted by Crippen LogP contribution is -2.50. The lowest BCUT2D eigenvalue weighted by molar-refractivity contribution is 0.0475. The van der Waals surface area contributed by atoms with E-state index in [1.807, 2.05) is 31.4 Å². The van der Waals surface area contributed by atoms with E-state index in [0.717, 1.165) is 36.4 Å². The second-order valence-electron chi connectivity index (χ2n) is 8.13. The van der Waals surface area contributed by atoms with Gasteiger partial charge in [-0.25, -0.2) is 9.78 Å². The van der Waals surface area contributed by atoms with Crippen molar-refractivity contribution >= 4 is 17.6 Å². The molecule has 1 atom stereocenters. The predicted octanol–water partition coefficient (Wildman–Crippen LogP) is 3.71. The van der Waals surface area contributed by atoms with Crippen LogP contribution < -0.4 is 10.6 Å². The van der Waals surface area contributed by atoms with Crippen LogP contribution in [0.3, 0.4) is 0 Å². The Hall–Kier alpha value is -2.31. The summed E-state index contributed by atoms with van der Waals surface area (Å²) >= 11 is 0. The highest BCUT2D eigenvalue weighted by Crippen LogP contribution is 2.27. The summed E-state index contributed by atoms with van der Waals surface area (Å²) < 4.78 is 7.14. The van der Waals surface area contributed by atoms with Crippen molar-refractivity contribution in [2.75, 3.05) is 5.32 Å². The van der Waals surface area contributed by atoms with Crippen LogP contribution in [0.15, 0.2) is 18.3 Å². The summed E-state index contributed by atoms with van der Waals surface area (Å²) in [6, 6.07) is 4.45. The third-order valence-corrected chi connectivity index (χ3v) is 4.71. The monoisotopic (exact) mass is 359 g/mol. The Labute approximate surface area is 154 Å². The number of carbonyl (C=O) groups excluding carboxylic acids is 1. The van der Waals surface area contributed by atoms with E-state index in [1.165, 1.54) is 0 Å². The molecule has 2 heterocycles. The van der Waals surface area contributed by atoms with E-state index in [1.54, 1.807) is 6.20 Å². The molecule has 1 unspecified atom stereocenters. The van der Waals surface area contributed by atoms with E-state index < -0.39 is 5.60 Å². The molecule has 0 radical (unpaired) electrons. The number of carbonyl (C=O) groups is 1. The van der Waals surface area contributed by atoms with E-state index in [4.69, 9.17) is 9.72 Å². The van der Waals surface area contributed by atoms with Gasteiger partial charge in [-0.05, 0) is 46.0 Å². The molecular formula is C19H29N5O2. The molecule has 1 saturated carbocycles. The third kappa shape index (κ3) is 4.26. The van der Waals surface area contributed by atoms with Crippen LogP contribution in [0.2, 0.25) is 0 Å². The zero-order chi connectivity index (χ0) is 18.9. The summed E-state index contributed by atoms with van der Waals surface area (Å²) in [5.74, 6) is 1.36. The van der Waals surface area contributed by atoms with Crippen LogP contribution in [-0.4, -0.2) is 38.4 Å². The molecule has 1 fully saturated rings. The smallest absolute Gasteiger partial charge is 0.407 e. The Morgan fingerprint density at radius 3 is 2.77 bits per heavy atom. The van der Waals surface area contributed by atoms with Crippen molar-refractivity contribution in [1.82, 2.24) is 19.9 Å². The summed E-state index contributed by atoms with van der Waals surface area (Å²) in [4.78, 5) is 16.5. The van der Waals surface area contributed by atoms with Gasteiger partial charge < -0.3 is 15.4 Å². The zero-order valence-electron chi connectivity index (χ0n) is 16.2. The zero-order valence-corrected chi connectivity index (χ0v) is 16.2. The van der Waals surface area contributed by atoms with Crippen molar-refractivity contribution in [3.8, 4) is 0 Å². The first kappa shape index (κ1) is 18.5. The molecule has 26 heavy (non-hydrogen) atoms. The fourth-order valence-corrected chi connectivity index (χ4v) is 3.03. The number of aromatic nitrogens is 3. The molecule has 2 aromatic heterocycles. The fraction of sp³-hybridized carbons (Fsp3) is 0.632. The maximum Gasteiger partial charge on any atom is 0.407 e. The lowest BCUT2D eigenvalue weighted by atomic mass is 9.87. The number of nitrogens with zero attached hydrogens (tertiary/aromatic N) is 3. The number of anilines is 1. The molecule has 142 valence electrons. The minimum atomic E-state index is -0.472. The van der Waals surface area contributed by atoms with Crippen molar-refractivity contribution in [2.45, 2.75) is 77.5 Å². The molecule has 7 heteroatoms. The summed E-state index contributed by atoms with van der Waals surface area (Å²) in [5, 5.41) is 10.8. The quantitative estimate of drug-likeness (QED) is 0.850. The first-order chi connectivity index (χ1) is 12.2. The molecule has 1 amide bonds. The van der Waals surface area contributed by atoms with Gasteiger partial charge in [0, 0.05) is 29.9 Å². The van der Waals surface area contributed by atoms with Crippen LogP contribution in [0.25, 0.3) is 5.65 Å². The minimum Gasteiger partial charge on any atom is -0.444 e. The van der Waals surface area contributed by atoms with Crippen LogP contribution in [0.4, 0.5) is 10.6 Å². The van der Waals surface area contributed by atoms with Crippen molar-refractivity contribution in [2.24, 2.45) is 0 Å². The van der Waals surface area contributed by atoms with Gasteiger partial charge in [-0.3, -0.25) is 0 Å². The predicted molar refractivity (Wildman–Crippen MR) is 101 cm³/mol. The molecule has 0 aliphatic heterocycles. The standard InChI is InChI=1S/C19H29N5O2/c1-6-12(2)15-11-17(24-16(23-15)7-8-20-24)21-13-9-14(10-13)22-18(25)26-19(3,4)5/h7-8,11-14,21H,6,9-10H2,1-5H3,(H,22,25). The molecule has 2 aromatic rings. The maximum atomic E-state index is 11.8. The van der Waals surface area contributed by atoms with Crippen LogP contribution in [-0.2, 0) is 4.74 Å². The Morgan fingerprint density at radius 1 is 1.38 bits per heavy atom. The molecule has 1 aliphatic carbocycles. The van der Waals surface area contributed by atoms with E-state index in [0.29, 0.717) is 12.0 Å². The molecule has 2 N–H and O–H groups in total. The molecule has 0 bridgehead atoms. The van der Waals surface area contributed by atoms with Crippen LogP contribution in [0.5, 0.6) is 0 Å². The van der Waals surface area contributed by atoms with E-state index >= 15 is 0 Å². The van der Waals surface area contributed by atoms with Gasteiger partial charge in [0.15, 0.2) is 5.65 Å². The number of ether oxygens (including phenoxy) is 1. The van der Waals surface area contributed by atoms with E-state index in [2.05, 4.69) is 35.6 Å². The average molecular weight is 359 g/mol. The molecule has 1 aliphatic rings. The normalized spacial score (nSPS) is 21.1. The van der Waals surface area contributed by atoms with Gasteiger partial charge in [-0.1, -0.05) is 13.8 Å². The first-order valence-electron chi connectivity index (χ1n) is 9.36. The highest BCUT2D eigenvalue weighted by molar-refractivity contribution is 5.68. The number of hydrogen-bond donors (Lipinski definition) is 2. The average Bonchev–Trinajstić information content (AvgIpc) is 2.98. The Bertz CT molecular complexity index is 774. The van der Waals surface area contributed by atoms with Crippen LogP contribution >= 0.6 is 0 Å². The Morgan fingerprint density at radius 2 is 2.12 bits per heavy atom. The molecular weight excluding hydrogens is 330 g/mol. The second-order valence-corrected chi connectivity index (χ2v) is 8.13. The second kappa shape index (κ2) is 7.13. The fourth-order valence-electron chi connectivity index (χ4n) is 3.03. The summed E-state index contributed by atoms with van der Waals surface area (Å²) in [6.07, 6.45) is 4.19. The van der Waals surface area contributed by atoms with E-state index in [9.17, 15) is 4.79 Å². The lowest BCUT2D eigenvalue weighted by Gasteiger charge is -2.37. The van der Waals surface area contributed by atoms with Crippen LogP contribution in [0, 0.1) is 0 Å². The van der Waals surface area contributed by atoms with E-state index in [-0.39, 0.29) is 12.1 Å². The molecule has 0 aromatic carbocycles. The Kier molecular flexibility index (Phi) is 5.07. The maximum absolute atomic E-state index is 11.8. The minimum absolute atomic E-state index is 0.145. The van der Waals surface area contributed by atoms with Gasteiger partial charge in [0.05, 0.1) is 6.20 Å². The van der Waals surface area contributed by atoms with Crippen molar-refractivity contribution < 1.29 is 9.53 Å². The highest BCUT2D eigenvalue weighted by Gasteiger charge is 2.32. The van der Waals surface area contributed by atoms with Crippen molar-refractivity contribution in [3.63, 3.8) is 0 Å². The molecule has 3 rings (SSSR count). The summed E-state index contributed by atoms with van der Waals surface area (Å²) in [6.45, 7) is 9.95. The number of hydrogen-bond acceptors (Lipinski definition) is 5. The number of amides is 1. The third-order valence-electron chi connectivity index (χ3n) is 4.71. The number of fused-ring (bicyclic) bond motifs is 1. The number of alkyl carbamates (subject to hydrolysis) is 1. The number of rotatable bonds is 5. The largest absolute Gasteiger partial charge is 0.444 e. The van der Waals surface area contributed by atoms with Gasteiger partial charge in [0.25, 0.3) is 0 Å². The molecule has 0 saturated heterocycles. The van der Waals surface area contributed by atoms with Gasteiger partial charge in [0.2, 0.25) is 0 Å². The number of nitrogens with one attached hydrogen (secondary N) is 2. The van der Waals surface area contributed by atoms with Crippen LogP contribution in [0.1, 0.15) is 65.5 Å². The summed E-state index contributed by atoms with van der Waals surface area (Å²) in [5.41, 5.74) is 1.46. The van der Waals surface area contributed by atoms with Gasteiger partial charge in [-0.2, -0.15) is 9.61 Å². The topological polar surface area (TPSA) is 80.5 Å². The van der Waals surface area contributed by atoms with Gasteiger partial charge >= 0.3 is 6.09 Å². The first-order valence-corrected chi connectivity index (χ1v) is 9.36. The van der Waals surface area contributed by atoms with Crippen molar-refractivity contribution in [3.05, 3.63) is 24.0 Å². The molecule has 7 nitrogen and oxygen atoms in total. The van der Waals surface area contributed by atoms with Gasteiger partial charge in [0.1, 0.15) is 11.4 Å². The van der Waals surface area contributed by atoms with Crippen molar-refractivity contribution in [1.29, 1.82) is 0 Å². The SMILES string of the molecule is CCC(C)c1cc(NC2CC(NC(=O)OC(C)(C)C)C2)n2nccc2n1.